The van der Waals surface area contributed by atoms with E-state index in [1.165, 1.54) is 16.8 Å². The van der Waals surface area contributed by atoms with Crippen LogP contribution in [0, 0.1) is 0 Å². The highest BCUT2D eigenvalue weighted by atomic mass is 16.2. The molecule has 8 heteroatoms. The lowest BCUT2D eigenvalue weighted by Crippen LogP contribution is -2.44. The second-order valence-corrected chi connectivity index (χ2v) is 4.60. The van der Waals surface area contributed by atoms with Gasteiger partial charge in [0.25, 0.3) is 5.91 Å². The number of nitrogens with zero attached hydrogens (tertiary/aromatic N) is 3. The SMILES string of the molecule is CN1CC(=O)N(CC(=O)N2CCNC(=O)CC2)C1=O. The zero-order chi connectivity index (χ0) is 14.0. The Kier molecular flexibility index (Phi) is 3.68. The highest BCUT2D eigenvalue weighted by Gasteiger charge is 2.35. The molecule has 2 aliphatic rings. The molecule has 0 bridgehead atoms. The summed E-state index contributed by atoms with van der Waals surface area (Å²) in [7, 11) is 1.51. The van der Waals surface area contributed by atoms with Crippen molar-refractivity contribution in [2.45, 2.75) is 6.42 Å². The fourth-order valence-corrected chi connectivity index (χ4v) is 2.08. The topological polar surface area (TPSA) is 90.0 Å². The van der Waals surface area contributed by atoms with Crippen molar-refractivity contribution in [2.24, 2.45) is 0 Å². The van der Waals surface area contributed by atoms with Gasteiger partial charge in [-0.05, 0) is 0 Å². The van der Waals surface area contributed by atoms with Crippen LogP contribution < -0.4 is 5.32 Å². The molecule has 8 nitrogen and oxygen atoms in total. The molecule has 2 aliphatic heterocycles. The number of urea groups is 1. The molecule has 0 radical (unpaired) electrons. The first kappa shape index (κ1) is 13.3. The van der Waals surface area contributed by atoms with Gasteiger partial charge in [0.15, 0.2) is 0 Å². The summed E-state index contributed by atoms with van der Waals surface area (Å²) in [4.78, 5) is 50.1. The van der Waals surface area contributed by atoms with Crippen molar-refractivity contribution in [1.82, 2.24) is 20.0 Å². The number of carbonyl (C=O) groups excluding carboxylic acids is 4. The van der Waals surface area contributed by atoms with Crippen LogP contribution in [-0.4, -0.2) is 78.2 Å². The van der Waals surface area contributed by atoms with Crippen LogP contribution in [0.2, 0.25) is 0 Å². The Morgan fingerprint density at radius 3 is 2.63 bits per heavy atom. The summed E-state index contributed by atoms with van der Waals surface area (Å²) in [5, 5.41) is 2.66. The van der Waals surface area contributed by atoms with E-state index in [9.17, 15) is 19.2 Å². The fraction of sp³-hybridized carbons (Fsp3) is 0.636. The third-order valence-corrected chi connectivity index (χ3v) is 3.19. The molecular formula is C11H16N4O4. The zero-order valence-corrected chi connectivity index (χ0v) is 10.7. The molecular weight excluding hydrogens is 252 g/mol. The van der Waals surface area contributed by atoms with E-state index in [2.05, 4.69) is 5.32 Å². The molecule has 1 N–H and O–H groups in total. The first-order chi connectivity index (χ1) is 8.99. The lowest BCUT2D eigenvalue weighted by Gasteiger charge is -2.22. The second-order valence-electron chi connectivity index (χ2n) is 4.60. The predicted octanol–water partition coefficient (Wildman–Crippen LogP) is -1.77. The zero-order valence-electron chi connectivity index (χ0n) is 10.7. The number of imide groups is 1. The maximum Gasteiger partial charge on any atom is 0.327 e. The quantitative estimate of drug-likeness (QED) is 0.600. The van der Waals surface area contributed by atoms with Crippen molar-refractivity contribution < 1.29 is 19.2 Å². The summed E-state index contributed by atoms with van der Waals surface area (Å²) < 4.78 is 0. The predicted molar refractivity (Wildman–Crippen MR) is 63.9 cm³/mol. The van der Waals surface area contributed by atoms with Gasteiger partial charge < -0.3 is 15.1 Å². The van der Waals surface area contributed by atoms with Gasteiger partial charge in [-0.3, -0.25) is 19.3 Å². The molecule has 0 saturated carbocycles. The largest absolute Gasteiger partial charge is 0.354 e. The third kappa shape index (κ3) is 2.83. The smallest absolute Gasteiger partial charge is 0.327 e. The number of nitrogens with one attached hydrogen (secondary N) is 1. The van der Waals surface area contributed by atoms with E-state index in [-0.39, 0.29) is 37.2 Å². The number of hydrogen-bond acceptors (Lipinski definition) is 4. The maximum atomic E-state index is 12.0. The molecule has 0 aromatic carbocycles. The van der Waals surface area contributed by atoms with Crippen molar-refractivity contribution in [3.05, 3.63) is 0 Å². The number of hydrogen-bond donors (Lipinski definition) is 1. The molecule has 0 unspecified atom stereocenters. The molecule has 0 aromatic heterocycles. The molecule has 2 rings (SSSR count). The lowest BCUT2D eigenvalue weighted by atomic mass is 10.3. The Bertz CT molecular complexity index is 436. The van der Waals surface area contributed by atoms with Gasteiger partial charge in [-0.2, -0.15) is 0 Å². The van der Waals surface area contributed by atoms with Crippen molar-refractivity contribution in [3.63, 3.8) is 0 Å². The summed E-state index contributed by atoms with van der Waals surface area (Å²) in [5.74, 6) is -0.776. The van der Waals surface area contributed by atoms with Crippen LogP contribution in [-0.2, 0) is 14.4 Å². The average Bonchev–Trinajstić information content (AvgIpc) is 2.57. The van der Waals surface area contributed by atoms with E-state index in [0.29, 0.717) is 19.6 Å². The van der Waals surface area contributed by atoms with Gasteiger partial charge in [0.2, 0.25) is 11.8 Å². The lowest BCUT2D eigenvalue weighted by molar-refractivity contribution is -0.136. The van der Waals surface area contributed by atoms with Crippen molar-refractivity contribution in [3.8, 4) is 0 Å². The van der Waals surface area contributed by atoms with Crippen molar-refractivity contribution >= 4 is 23.8 Å². The second kappa shape index (κ2) is 5.25. The van der Waals surface area contributed by atoms with Crippen LogP contribution in [0.4, 0.5) is 4.79 Å². The van der Waals surface area contributed by atoms with Gasteiger partial charge in [-0.15, -0.1) is 0 Å². The average molecular weight is 268 g/mol. The number of carbonyl (C=O) groups is 4. The molecule has 19 heavy (non-hydrogen) atoms. The summed E-state index contributed by atoms with van der Waals surface area (Å²) in [6.07, 6.45) is 0.244. The molecule has 0 spiro atoms. The van der Waals surface area contributed by atoms with Crippen LogP contribution in [0.25, 0.3) is 0 Å². The summed E-state index contributed by atoms with van der Waals surface area (Å²) in [6, 6.07) is -0.456. The Labute approximate surface area is 110 Å². The van der Waals surface area contributed by atoms with Crippen LogP contribution in [0.5, 0.6) is 0 Å². The first-order valence-corrected chi connectivity index (χ1v) is 6.09. The molecule has 104 valence electrons. The van der Waals surface area contributed by atoms with Crippen LogP contribution >= 0.6 is 0 Å². The summed E-state index contributed by atoms with van der Waals surface area (Å²) >= 11 is 0. The Morgan fingerprint density at radius 2 is 2.00 bits per heavy atom. The molecule has 2 fully saturated rings. The van der Waals surface area contributed by atoms with Gasteiger partial charge in [0.1, 0.15) is 13.1 Å². The van der Waals surface area contributed by atoms with Gasteiger partial charge >= 0.3 is 6.03 Å². The molecule has 0 aromatic rings. The van der Waals surface area contributed by atoms with Crippen LogP contribution in [0.15, 0.2) is 0 Å². The number of likely N-dealkylation sites (N-methyl/N-ethyl adjacent to an activating group) is 1. The third-order valence-electron chi connectivity index (χ3n) is 3.19. The Hall–Kier alpha value is -2.12. The number of rotatable bonds is 2. The maximum absolute atomic E-state index is 12.0. The van der Waals surface area contributed by atoms with Gasteiger partial charge in [0.05, 0.1) is 0 Å². The first-order valence-electron chi connectivity index (χ1n) is 6.09. The normalized spacial score (nSPS) is 20.7. The molecule has 0 atom stereocenters. The monoisotopic (exact) mass is 268 g/mol. The van der Waals surface area contributed by atoms with E-state index >= 15 is 0 Å². The Balaban J connectivity index is 1.95. The van der Waals surface area contributed by atoms with E-state index in [4.69, 9.17) is 0 Å². The standard InChI is InChI=1S/C11H16N4O4/c1-13-6-10(18)15(11(13)19)7-9(17)14-4-2-8(16)12-3-5-14/h2-7H2,1H3,(H,12,16). The summed E-state index contributed by atoms with van der Waals surface area (Å²) in [5.41, 5.74) is 0. The van der Waals surface area contributed by atoms with Crippen LogP contribution in [0.3, 0.4) is 0 Å². The van der Waals surface area contributed by atoms with Gasteiger partial charge in [-0.25, -0.2) is 4.79 Å². The van der Waals surface area contributed by atoms with Gasteiger partial charge in [-0.1, -0.05) is 0 Å². The minimum atomic E-state index is -0.456. The fourth-order valence-electron chi connectivity index (χ4n) is 2.08. The highest BCUT2D eigenvalue weighted by Crippen LogP contribution is 2.08. The van der Waals surface area contributed by atoms with Crippen LogP contribution in [0.1, 0.15) is 6.42 Å². The van der Waals surface area contributed by atoms with E-state index in [1.807, 2.05) is 0 Å². The Morgan fingerprint density at radius 1 is 1.26 bits per heavy atom. The van der Waals surface area contributed by atoms with E-state index < -0.39 is 6.03 Å². The molecule has 0 aliphatic carbocycles. The molecule has 2 heterocycles. The van der Waals surface area contributed by atoms with E-state index in [0.717, 1.165) is 4.90 Å². The molecule has 5 amide bonds. The number of amides is 5. The van der Waals surface area contributed by atoms with Crippen molar-refractivity contribution in [1.29, 1.82) is 0 Å². The highest BCUT2D eigenvalue weighted by molar-refractivity contribution is 6.04. The molecule has 2 saturated heterocycles. The van der Waals surface area contributed by atoms with E-state index in [1.54, 1.807) is 0 Å². The summed E-state index contributed by atoms with van der Waals surface area (Å²) in [6.45, 7) is 0.863. The van der Waals surface area contributed by atoms with Gasteiger partial charge in [0, 0.05) is 33.1 Å². The minimum absolute atomic E-state index is 0.00611. The minimum Gasteiger partial charge on any atom is -0.354 e. The van der Waals surface area contributed by atoms with Crippen molar-refractivity contribution in [2.75, 3.05) is 39.8 Å².